The van der Waals surface area contributed by atoms with E-state index in [2.05, 4.69) is 147 Å². The Labute approximate surface area is 268 Å². The van der Waals surface area contributed by atoms with Gasteiger partial charge < -0.3 is 5.32 Å². The zero-order valence-corrected chi connectivity index (χ0v) is 26.4. The maximum atomic E-state index is 4.32. The van der Waals surface area contributed by atoms with Crippen molar-refractivity contribution >= 4 is 40.4 Å². The van der Waals surface area contributed by atoms with Gasteiger partial charge >= 0.3 is 0 Å². The molecule has 0 atom stereocenters. The number of aliphatic imine (C=N–C) groups is 1. The van der Waals surface area contributed by atoms with Crippen LogP contribution in [0.4, 0.5) is 0 Å². The number of nitrogens with zero attached hydrogens (tertiary/aromatic N) is 1. The number of amidine groups is 1. The number of rotatable bonds is 7. The molecule has 45 heavy (non-hydrogen) atoms. The van der Waals surface area contributed by atoms with Crippen molar-refractivity contribution in [1.29, 1.82) is 0 Å². The smallest absolute Gasteiger partial charge is 0.132 e. The zero-order chi connectivity index (χ0) is 31.4. The predicted octanol–water partition coefficient (Wildman–Crippen LogP) is 11.2. The summed E-state index contributed by atoms with van der Waals surface area (Å²) in [5, 5.41) is 5.59. The molecule has 222 valence electrons. The monoisotopic (exact) mass is 584 g/mol. The molecule has 0 aromatic heterocycles. The molecule has 0 amide bonds. The van der Waals surface area contributed by atoms with Crippen molar-refractivity contribution in [2.75, 3.05) is 6.54 Å². The highest BCUT2D eigenvalue weighted by Crippen LogP contribution is 2.33. The fourth-order valence-corrected chi connectivity index (χ4v) is 5.58. The van der Waals surface area contributed by atoms with Crippen molar-refractivity contribution in [3.05, 3.63) is 180 Å². The largest absolute Gasteiger partial charge is 0.347 e. The van der Waals surface area contributed by atoms with Crippen LogP contribution in [0, 0.1) is 6.92 Å². The van der Waals surface area contributed by atoms with E-state index >= 15 is 0 Å². The van der Waals surface area contributed by atoms with E-state index in [0.29, 0.717) is 0 Å². The molecule has 5 aromatic carbocycles. The van der Waals surface area contributed by atoms with Gasteiger partial charge in [0.25, 0.3) is 0 Å². The van der Waals surface area contributed by atoms with Crippen LogP contribution in [-0.2, 0) is 0 Å². The van der Waals surface area contributed by atoms with E-state index in [1.807, 2.05) is 48.7 Å². The van der Waals surface area contributed by atoms with Crippen LogP contribution in [0.15, 0.2) is 151 Å². The summed E-state index contributed by atoms with van der Waals surface area (Å²) in [6.45, 7) is 11.1. The Balaban J connectivity index is 0.000000277. The highest BCUT2D eigenvalue weighted by Gasteiger charge is 2.10. The fourth-order valence-electron chi connectivity index (χ4n) is 5.58. The maximum Gasteiger partial charge on any atom is 0.132 e. The molecule has 0 unspecified atom stereocenters. The van der Waals surface area contributed by atoms with Crippen LogP contribution in [0.5, 0.6) is 0 Å². The Morgan fingerprint density at radius 1 is 0.756 bits per heavy atom. The Morgan fingerprint density at radius 3 is 2.20 bits per heavy atom. The molecule has 2 nitrogen and oxygen atoms in total. The number of allylic oxidation sites excluding steroid dienone is 4. The van der Waals surface area contributed by atoms with Crippen LogP contribution >= 0.6 is 0 Å². The molecule has 6 rings (SSSR count). The molecule has 1 aliphatic heterocycles. The van der Waals surface area contributed by atoms with Crippen LogP contribution in [-0.4, -0.2) is 12.4 Å². The highest BCUT2D eigenvalue weighted by molar-refractivity contribution is 6.03. The van der Waals surface area contributed by atoms with E-state index in [-0.39, 0.29) is 0 Å². The molecule has 2 heteroatoms. The van der Waals surface area contributed by atoms with Crippen LogP contribution in [0.25, 0.3) is 45.7 Å². The minimum absolute atomic E-state index is 0.775. The summed E-state index contributed by atoms with van der Waals surface area (Å²) in [6, 6.07) is 38.4. The first-order valence-corrected chi connectivity index (χ1v) is 15.5. The van der Waals surface area contributed by atoms with Crippen molar-refractivity contribution in [2.45, 2.75) is 20.8 Å². The Morgan fingerprint density at radius 2 is 1.49 bits per heavy atom. The molecule has 0 spiro atoms. The second kappa shape index (κ2) is 15.3. The molecular weight excluding hydrogens is 544 g/mol. The minimum Gasteiger partial charge on any atom is -0.347 e. The molecule has 0 saturated heterocycles. The summed E-state index contributed by atoms with van der Waals surface area (Å²) in [5.41, 5.74) is 10.9. The number of hydrogen-bond donors (Lipinski definition) is 1. The SMILES string of the molecule is C1=CNC(c2ccccc2)=NC1.C=Cc1cc(/C=C(\C=C/C)c2cccc(-c3ccccc3C)c2)c2ccccc2c1/C=C\C. The molecule has 5 aromatic rings. The van der Waals surface area contributed by atoms with Gasteiger partial charge in [0.2, 0.25) is 0 Å². The van der Waals surface area contributed by atoms with Gasteiger partial charge in [0, 0.05) is 11.8 Å². The van der Waals surface area contributed by atoms with Crippen molar-refractivity contribution in [2.24, 2.45) is 4.99 Å². The van der Waals surface area contributed by atoms with Gasteiger partial charge in [-0.05, 0) is 100 Å². The lowest BCUT2D eigenvalue weighted by Gasteiger charge is -2.13. The van der Waals surface area contributed by atoms with Gasteiger partial charge in [-0.3, -0.25) is 4.99 Å². The third kappa shape index (κ3) is 7.55. The lowest BCUT2D eigenvalue weighted by molar-refractivity contribution is 1.10. The first kappa shape index (κ1) is 31.0. The molecule has 1 heterocycles. The van der Waals surface area contributed by atoms with Crippen molar-refractivity contribution in [3.63, 3.8) is 0 Å². The second-order valence-corrected chi connectivity index (χ2v) is 10.8. The first-order valence-electron chi connectivity index (χ1n) is 15.5. The lowest BCUT2D eigenvalue weighted by Crippen LogP contribution is -2.21. The van der Waals surface area contributed by atoms with Crippen molar-refractivity contribution in [3.8, 4) is 11.1 Å². The normalized spacial score (nSPS) is 13.0. The third-order valence-electron chi connectivity index (χ3n) is 7.75. The molecule has 0 aliphatic carbocycles. The van der Waals surface area contributed by atoms with Gasteiger partial charge in [-0.15, -0.1) is 0 Å². The summed E-state index contributed by atoms with van der Waals surface area (Å²) >= 11 is 0. The van der Waals surface area contributed by atoms with E-state index in [4.69, 9.17) is 0 Å². The van der Waals surface area contributed by atoms with Gasteiger partial charge in [0.1, 0.15) is 5.84 Å². The van der Waals surface area contributed by atoms with E-state index in [1.165, 1.54) is 49.7 Å². The standard InChI is InChI=1S/C33H30.C10H10N2/c1-5-13-26(27-16-12-17-28(22-27)30-18-9-8-15-24(30)4)23-29-21-25(7-3)31(14-6-2)33-20-11-10-19-32(29)33;1-2-5-9(6-3-1)10-11-7-4-8-12-10/h5-23H,3H2,1-2,4H3;1-7H,8H2,(H,11,12)/b13-5-,14-6-,26-23+;. The van der Waals surface area contributed by atoms with Gasteiger partial charge in [0.05, 0.1) is 6.54 Å². The number of benzene rings is 5. The molecule has 0 bridgehead atoms. The Hall–Kier alpha value is -5.47. The summed E-state index contributed by atoms with van der Waals surface area (Å²) in [7, 11) is 0. The van der Waals surface area contributed by atoms with Crippen LogP contribution in [0.1, 0.15) is 47.2 Å². The van der Waals surface area contributed by atoms with E-state index in [1.54, 1.807) is 0 Å². The molecule has 0 fully saturated rings. The molecule has 0 saturated carbocycles. The average Bonchev–Trinajstić information content (AvgIpc) is 3.10. The highest BCUT2D eigenvalue weighted by atomic mass is 15.0. The molecule has 1 aliphatic rings. The van der Waals surface area contributed by atoms with Gasteiger partial charge in [-0.25, -0.2) is 0 Å². The molecule has 0 radical (unpaired) electrons. The first-order chi connectivity index (χ1) is 22.1. The molecule has 1 N–H and O–H groups in total. The lowest BCUT2D eigenvalue weighted by atomic mass is 9.91. The van der Waals surface area contributed by atoms with E-state index in [9.17, 15) is 0 Å². The molecular formula is C43H40N2. The quantitative estimate of drug-likeness (QED) is 0.149. The van der Waals surface area contributed by atoms with Crippen molar-refractivity contribution < 1.29 is 0 Å². The van der Waals surface area contributed by atoms with Crippen molar-refractivity contribution in [1.82, 2.24) is 5.32 Å². The number of hydrogen-bond acceptors (Lipinski definition) is 2. The van der Waals surface area contributed by atoms with E-state index < -0.39 is 0 Å². The van der Waals surface area contributed by atoms with Crippen LogP contribution in [0.3, 0.4) is 0 Å². The number of nitrogens with one attached hydrogen (secondary N) is 1. The second-order valence-electron chi connectivity index (χ2n) is 10.8. The predicted molar refractivity (Wildman–Crippen MR) is 198 cm³/mol. The minimum atomic E-state index is 0.775. The number of aryl methyl sites for hydroxylation is 1. The van der Waals surface area contributed by atoms with Crippen LogP contribution in [0.2, 0.25) is 0 Å². The summed E-state index contributed by atoms with van der Waals surface area (Å²) in [4.78, 5) is 4.32. The summed E-state index contributed by atoms with van der Waals surface area (Å²) < 4.78 is 0. The van der Waals surface area contributed by atoms with Gasteiger partial charge in [-0.2, -0.15) is 0 Å². The van der Waals surface area contributed by atoms with Gasteiger partial charge in [-0.1, -0.05) is 134 Å². The van der Waals surface area contributed by atoms with Crippen LogP contribution < -0.4 is 5.32 Å². The maximum absolute atomic E-state index is 4.32. The van der Waals surface area contributed by atoms with Gasteiger partial charge in [0.15, 0.2) is 0 Å². The summed E-state index contributed by atoms with van der Waals surface area (Å²) in [6.07, 6.45) is 16.7. The topological polar surface area (TPSA) is 24.4 Å². The average molecular weight is 585 g/mol. The summed E-state index contributed by atoms with van der Waals surface area (Å²) in [5.74, 6) is 0.957. The third-order valence-corrected chi connectivity index (χ3v) is 7.75. The fraction of sp³-hybridized carbons (Fsp3) is 0.0930. The van der Waals surface area contributed by atoms with E-state index in [0.717, 1.165) is 23.5 Å². The Kier molecular flexibility index (Phi) is 10.5. The number of fused-ring (bicyclic) bond motifs is 1. The Bertz CT molecular complexity index is 1930. The zero-order valence-electron chi connectivity index (χ0n) is 26.4.